The summed E-state index contributed by atoms with van der Waals surface area (Å²) in [5.41, 5.74) is -1.31. The Bertz CT molecular complexity index is 752. The van der Waals surface area contributed by atoms with E-state index in [0.717, 1.165) is 0 Å². The van der Waals surface area contributed by atoms with Gasteiger partial charge in [-0.3, -0.25) is 24.8 Å². The summed E-state index contributed by atoms with van der Waals surface area (Å²) >= 11 is 0. The lowest BCUT2D eigenvalue weighted by molar-refractivity contribution is -0.159. The lowest BCUT2D eigenvalue weighted by atomic mass is 9.71. The van der Waals surface area contributed by atoms with E-state index >= 15 is 0 Å². The number of hydrogen-bond donors (Lipinski definition) is 2. The van der Waals surface area contributed by atoms with E-state index in [9.17, 15) is 33.2 Å². The summed E-state index contributed by atoms with van der Waals surface area (Å²) in [4.78, 5) is 33.0. The number of hydrogen-bond acceptors (Lipinski definition) is 7. The molecule has 0 fully saturated rings. The quantitative estimate of drug-likeness (QED) is 0.299. The predicted octanol–water partition coefficient (Wildman–Crippen LogP) is 3.57. The molecule has 0 aliphatic carbocycles. The van der Waals surface area contributed by atoms with Gasteiger partial charge in [0, 0.05) is 11.3 Å². The van der Waals surface area contributed by atoms with Crippen molar-refractivity contribution in [3.8, 4) is 0 Å². The molecule has 0 rings (SSSR count). The first-order chi connectivity index (χ1) is 14.3. The highest BCUT2D eigenvalue weighted by Crippen LogP contribution is 2.34. The number of amides is 2. The Hall–Kier alpha value is -1.52. The molecule has 2 atom stereocenters. The van der Waals surface area contributed by atoms with Crippen molar-refractivity contribution in [1.29, 1.82) is 0 Å². The monoisotopic (exact) mass is 494 g/mol. The van der Waals surface area contributed by atoms with Crippen LogP contribution in [0.1, 0.15) is 83.1 Å². The third-order valence-electron chi connectivity index (χ3n) is 5.26. The highest BCUT2D eigenvalue weighted by Gasteiger charge is 2.44. The van der Waals surface area contributed by atoms with E-state index in [-0.39, 0.29) is 36.6 Å². The standard InChI is InChI=1S/C12H23NO3.C11H23NO4S/c1-11(2,3)9(7-13(16)8-14)10(15)12(4,5)6;1-10(2,3)9(7-12(14)8-13)17(15,16)11(4,5)6/h8-9,16H,7H2,1-6H3;8-9,14H,7H2,1-6H3. The maximum atomic E-state index is 12.4. The first kappa shape index (κ1) is 33.7. The van der Waals surface area contributed by atoms with Crippen LogP contribution in [0, 0.1) is 22.2 Å². The molecule has 2 amide bonds. The first-order valence-electron chi connectivity index (χ1n) is 10.9. The van der Waals surface area contributed by atoms with E-state index in [1.807, 2.05) is 41.5 Å². The molecule has 0 aliphatic rings. The fourth-order valence-corrected chi connectivity index (χ4v) is 5.11. The summed E-state index contributed by atoms with van der Waals surface area (Å²) < 4.78 is 23.9. The second-order valence-corrected chi connectivity index (χ2v) is 15.4. The van der Waals surface area contributed by atoms with Crippen LogP contribution in [0.5, 0.6) is 0 Å². The zero-order valence-corrected chi connectivity index (χ0v) is 23.3. The Labute approximate surface area is 200 Å². The number of carbonyl (C=O) groups is 3. The van der Waals surface area contributed by atoms with Gasteiger partial charge >= 0.3 is 0 Å². The number of hydroxylamine groups is 4. The summed E-state index contributed by atoms with van der Waals surface area (Å²) in [6.45, 7) is 21.3. The van der Waals surface area contributed by atoms with Crippen LogP contribution >= 0.6 is 0 Å². The van der Waals surface area contributed by atoms with Gasteiger partial charge in [-0.15, -0.1) is 0 Å². The molecule has 0 spiro atoms. The van der Waals surface area contributed by atoms with Gasteiger partial charge in [0.05, 0.1) is 23.1 Å². The normalized spacial score (nSPS) is 15.0. The number of rotatable bonds is 8. The van der Waals surface area contributed by atoms with Gasteiger partial charge in [-0.25, -0.2) is 18.5 Å². The molecule has 0 aromatic carbocycles. The van der Waals surface area contributed by atoms with Crippen molar-refractivity contribution in [1.82, 2.24) is 10.1 Å². The third kappa shape index (κ3) is 11.0. The summed E-state index contributed by atoms with van der Waals surface area (Å²) in [7, 11) is -3.46. The third-order valence-corrected chi connectivity index (χ3v) is 8.57. The van der Waals surface area contributed by atoms with Gasteiger partial charge in [0.25, 0.3) is 0 Å². The van der Waals surface area contributed by atoms with Gasteiger partial charge < -0.3 is 0 Å². The number of nitrogens with zero attached hydrogens (tertiary/aromatic N) is 2. The molecule has 0 heterocycles. The maximum absolute atomic E-state index is 12.4. The molecule has 0 saturated heterocycles. The molecule has 10 heteroatoms. The summed E-state index contributed by atoms with van der Waals surface area (Å²) in [5, 5.41) is 18.6. The minimum absolute atomic E-state index is 0.0447. The van der Waals surface area contributed by atoms with Crippen molar-refractivity contribution in [3.63, 3.8) is 0 Å². The Morgan fingerprint density at radius 2 is 1.12 bits per heavy atom. The topological polar surface area (TPSA) is 132 Å². The van der Waals surface area contributed by atoms with Gasteiger partial charge in [0.1, 0.15) is 5.78 Å². The van der Waals surface area contributed by atoms with Gasteiger partial charge in [0.2, 0.25) is 12.8 Å². The molecule has 33 heavy (non-hydrogen) atoms. The lowest BCUT2D eigenvalue weighted by Crippen LogP contribution is -2.49. The zero-order valence-electron chi connectivity index (χ0n) is 22.5. The molecule has 0 saturated carbocycles. The molecular weight excluding hydrogens is 448 g/mol. The average Bonchev–Trinajstić information content (AvgIpc) is 2.59. The van der Waals surface area contributed by atoms with Gasteiger partial charge in [-0.1, -0.05) is 62.3 Å². The fraction of sp³-hybridized carbons (Fsp3) is 0.870. The second-order valence-electron chi connectivity index (χ2n) is 12.5. The number of Topliss-reactive ketones (excluding diaryl/α,β-unsaturated/α-hetero) is 1. The molecule has 9 nitrogen and oxygen atoms in total. The predicted molar refractivity (Wildman–Crippen MR) is 128 cm³/mol. The van der Waals surface area contributed by atoms with Crippen molar-refractivity contribution in [2.45, 2.75) is 93.1 Å². The largest absolute Gasteiger partial charge is 0.299 e. The molecule has 0 aliphatic heterocycles. The van der Waals surface area contributed by atoms with Crippen LogP contribution in [-0.2, 0) is 24.2 Å². The Morgan fingerprint density at radius 1 is 0.758 bits per heavy atom. The van der Waals surface area contributed by atoms with Crippen LogP contribution in [0.4, 0.5) is 0 Å². The van der Waals surface area contributed by atoms with Crippen LogP contribution in [-0.4, -0.2) is 70.6 Å². The molecule has 0 aromatic heterocycles. The second kappa shape index (κ2) is 11.8. The lowest BCUT2D eigenvalue weighted by Gasteiger charge is -2.36. The Morgan fingerprint density at radius 3 is 1.36 bits per heavy atom. The number of carbonyl (C=O) groups excluding carboxylic acids is 3. The maximum Gasteiger partial charge on any atom is 0.233 e. The van der Waals surface area contributed by atoms with E-state index in [4.69, 9.17) is 0 Å². The van der Waals surface area contributed by atoms with Crippen molar-refractivity contribution >= 4 is 28.4 Å². The Kier molecular flexibility index (Phi) is 12.0. The van der Waals surface area contributed by atoms with Crippen LogP contribution in [0.25, 0.3) is 0 Å². The average molecular weight is 495 g/mol. The minimum atomic E-state index is -3.46. The van der Waals surface area contributed by atoms with E-state index < -0.39 is 30.7 Å². The SMILES string of the molecule is CC(C)(C)C(=O)C(CN(O)C=O)C(C)(C)C.CC(C)(C)C(CN(O)C=O)S(=O)(=O)C(C)(C)C. The molecule has 196 valence electrons. The molecule has 0 bridgehead atoms. The van der Waals surface area contributed by atoms with Crippen LogP contribution in [0.15, 0.2) is 0 Å². The van der Waals surface area contributed by atoms with Crippen molar-refractivity contribution < 1.29 is 33.2 Å². The van der Waals surface area contributed by atoms with Gasteiger partial charge in [0.15, 0.2) is 9.84 Å². The minimum Gasteiger partial charge on any atom is -0.299 e. The van der Waals surface area contributed by atoms with E-state index in [2.05, 4.69) is 0 Å². The Balaban J connectivity index is 0. The van der Waals surface area contributed by atoms with Crippen molar-refractivity contribution in [3.05, 3.63) is 0 Å². The van der Waals surface area contributed by atoms with E-state index in [1.165, 1.54) is 0 Å². The number of ketones is 1. The first-order valence-corrected chi connectivity index (χ1v) is 12.5. The molecule has 0 radical (unpaired) electrons. The van der Waals surface area contributed by atoms with Crippen LogP contribution in [0.2, 0.25) is 0 Å². The van der Waals surface area contributed by atoms with E-state index in [1.54, 1.807) is 41.5 Å². The molecule has 0 aromatic rings. The summed E-state index contributed by atoms with van der Waals surface area (Å²) in [6, 6.07) is 0. The number of sulfone groups is 1. The van der Waals surface area contributed by atoms with Crippen molar-refractivity contribution in [2.75, 3.05) is 13.1 Å². The van der Waals surface area contributed by atoms with Crippen LogP contribution < -0.4 is 0 Å². The summed E-state index contributed by atoms with van der Waals surface area (Å²) in [5.74, 6) is -0.316. The molecule has 2 unspecified atom stereocenters. The van der Waals surface area contributed by atoms with Crippen molar-refractivity contribution in [2.24, 2.45) is 22.2 Å². The smallest absolute Gasteiger partial charge is 0.233 e. The molecule has 2 N–H and O–H groups in total. The zero-order chi connectivity index (χ0) is 27.2. The highest BCUT2D eigenvalue weighted by molar-refractivity contribution is 7.93. The van der Waals surface area contributed by atoms with Gasteiger partial charge in [-0.2, -0.15) is 0 Å². The fourth-order valence-electron chi connectivity index (χ4n) is 2.98. The molecular formula is C23H46N2O7S. The van der Waals surface area contributed by atoms with Crippen LogP contribution in [0.3, 0.4) is 0 Å². The highest BCUT2D eigenvalue weighted by atomic mass is 32.2. The summed E-state index contributed by atoms with van der Waals surface area (Å²) in [6.07, 6.45) is 0.547. The van der Waals surface area contributed by atoms with Gasteiger partial charge in [-0.05, 0) is 31.6 Å². The van der Waals surface area contributed by atoms with E-state index in [0.29, 0.717) is 16.5 Å².